The Morgan fingerprint density at radius 1 is 1.53 bits per heavy atom. The van der Waals surface area contributed by atoms with Gasteiger partial charge >= 0.3 is 5.97 Å². The third-order valence-electron chi connectivity index (χ3n) is 2.33. The van der Waals surface area contributed by atoms with Crippen LogP contribution in [0.25, 0.3) is 0 Å². The summed E-state index contributed by atoms with van der Waals surface area (Å²) in [6.45, 7) is 1.68. The first-order valence-electron chi connectivity index (χ1n) is 4.65. The zero-order valence-electron chi connectivity index (χ0n) is 9.27. The minimum Gasteiger partial charge on any atom is -0.480 e. The summed E-state index contributed by atoms with van der Waals surface area (Å²) >= 11 is 0. The van der Waals surface area contributed by atoms with E-state index in [1.54, 1.807) is 0 Å². The highest BCUT2D eigenvalue weighted by atomic mass is 16.5. The van der Waals surface area contributed by atoms with Crippen molar-refractivity contribution in [3.63, 3.8) is 0 Å². The zero-order chi connectivity index (χ0) is 12.0. The summed E-state index contributed by atoms with van der Waals surface area (Å²) in [7, 11) is 2.91. The molecule has 0 saturated carbocycles. The lowest BCUT2D eigenvalue weighted by atomic mass is 10.2. The van der Waals surface area contributed by atoms with Gasteiger partial charge in [-0.3, -0.25) is 4.79 Å². The molecule has 0 bridgehead atoms. The minimum atomic E-state index is -1.03. The average Bonchev–Trinajstić information content (AvgIpc) is 2.23. The summed E-state index contributed by atoms with van der Waals surface area (Å²) in [6, 6.07) is -0.840. The number of amides is 1. The van der Waals surface area contributed by atoms with Crippen molar-refractivity contribution in [2.45, 2.75) is 25.5 Å². The molecule has 0 saturated heterocycles. The second-order valence-corrected chi connectivity index (χ2v) is 3.32. The van der Waals surface area contributed by atoms with Gasteiger partial charge in [0.1, 0.15) is 6.04 Å². The van der Waals surface area contributed by atoms with Crippen LogP contribution in [0.4, 0.5) is 0 Å². The van der Waals surface area contributed by atoms with E-state index >= 15 is 0 Å². The highest BCUT2D eigenvalue weighted by molar-refractivity contribution is 5.83. The van der Waals surface area contributed by atoms with Crippen molar-refractivity contribution in [1.29, 1.82) is 0 Å². The second kappa shape index (κ2) is 6.36. The van der Waals surface area contributed by atoms with E-state index in [1.165, 1.54) is 26.0 Å². The molecule has 0 aromatic rings. The normalized spacial score (nSPS) is 14.4. The number of methoxy groups -OCH3 is 1. The van der Waals surface area contributed by atoms with Crippen LogP contribution in [0.1, 0.15) is 13.3 Å². The number of ether oxygens (including phenoxy) is 1. The van der Waals surface area contributed by atoms with Crippen LogP contribution in [0.15, 0.2) is 0 Å². The van der Waals surface area contributed by atoms with E-state index in [2.05, 4.69) is 0 Å². The molecule has 0 rings (SSSR count). The van der Waals surface area contributed by atoms with Crippen LogP contribution < -0.4 is 5.73 Å². The predicted molar refractivity (Wildman–Crippen MR) is 54.3 cm³/mol. The number of carboxylic acids is 1. The molecule has 1 amide bonds. The van der Waals surface area contributed by atoms with Crippen molar-refractivity contribution < 1.29 is 19.4 Å². The van der Waals surface area contributed by atoms with Gasteiger partial charge in [-0.2, -0.15) is 0 Å². The van der Waals surface area contributed by atoms with Gasteiger partial charge in [-0.15, -0.1) is 0 Å². The predicted octanol–water partition coefficient (Wildman–Crippen LogP) is -0.718. The number of nitrogens with two attached hydrogens (primary N) is 1. The molecule has 0 heterocycles. The lowest BCUT2D eigenvalue weighted by Crippen LogP contribution is -2.42. The van der Waals surface area contributed by atoms with Crippen molar-refractivity contribution in [2.24, 2.45) is 5.73 Å². The Labute approximate surface area is 89.0 Å². The van der Waals surface area contributed by atoms with Crippen LogP contribution in [0.3, 0.4) is 0 Å². The SMILES string of the molecule is COC(CN)CC(=O)N(C)C(C)C(=O)O. The Morgan fingerprint density at radius 3 is 2.40 bits per heavy atom. The number of carbonyl (C=O) groups excluding carboxylic acids is 1. The fourth-order valence-corrected chi connectivity index (χ4v) is 0.983. The van der Waals surface area contributed by atoms with Gasteiger partial charge in [0, 0.05) is 20.7 Å². The molecule has 0 fully saturated rings. The molecule has 0 aromatic heterocycles. The number of carboxylic acid groups (broad SMARTS) is 1. The molecule has 3 N–H and O–H groups in total. The molecular weight excluding hydrogens is 200 g/mol. The Kier molecular flexibility index (Phi) is 5.88. The van der Waals surface area contributed by atoms with Crippen molar-refractivity contribution in [1.82, 2.24) is 4.90 Å². The maximum atomic E-state index is 11.5. The van der Waals surface area contributed by atoms with Gasteiger partial charge in [-0.05, 0) is 6.92 Å². The molecule has 0 spiro atoms. The number of rotatable bonds is 6. The van der Waals surface area contributed by atoms with Gasteiger partial charge < -0.3 is 20.5 Å². The first kappa shape index (κ1) is 13.9. The van der Waals surface area contributed by atoms with Crippen LogP contribution in [-0.4, -0.2) is 54.7 Å². The van der Waals surface area contributed by atoms with Crippen LogP contribution in [0.5, 0.6) is 0 Å². The minimum absolute atomic E-state index is 0.0983. The Hall–Kier alpha value is -1.14. The van der Waals surface area contributed by atoms with E-state index in [-0.39, 0.29) is 25.0 Å². The van der Waals surface area contributed by atoms with E-state index in [0.717, 1.165) is 0 Å². The first-order valence-corrected chi connectivity index (χ1v) is 4.65. The summed E-state index contributed by atoms with van der Waals surface area (Å²) < 4.78 is 4.94. The standard InChI is InChI=1S/C9H18N2O4/c1-6(9(13)14)11(2)8(12)4-7(5-10)15-3/h6-7H,4-5,10H2,1-3H3,(H,13,14). The fraction of sp³-hybridized carbons (Fsp3) is 0.778. The first-order chi connectivity index (χ1) is 6.93. The Bertz CT molecular complexity index is 228. The summed E-state index contributed by atoms with van der Waals surface area (Å²) in [6.07, 6.45) is -0.262. The molecule has 0 aliphatic rings. The van der Waals surface area contributed by atoms with Gasteiger partial charge in [-0.25, -0.2) is 4.79 Å². The van der Waals surface area contributed by atoms with Gasteiger partial charge in [0.25, 0.3) is 0 Å². The smallest absolute Gasteiger partial charge is 0.326 e. The van der Waals surface area contributed by atoms with Gasteiger partial charge in [0.15, 0.2) is 0 Å². The number of likely N-dealkylation sites (N-methyl/N-ethyl adjacent to an activating group) is 1. The number of hydrogen-bond acceptors (Lipinski definition) is 4. The molecule has 0 aliphatic heterocycles. The van der Waals surface area contributed by atoms with Crippen LogP contribution >= 0.6 is 0 Å². The quantitative estimate of drug-likeness (QED) is 0.614. The van der Waals surface area contributed by atoms with Gasteiger partial charge in [0.2, 0.25) is 5.91 Å². The largest absolute Gasteiger partial charge is 0.480 e. The maximum absolute atomic E-state index is 11.5. The van der Waals surface area contributed by atoms with Crippen LogP contribution in [0.2, 0.25) is 0 Å². The van der Waals surface area contributed by atoms with E-state index in [0.29, 0.717) is 0 Å². The van der Waals surface area contributed by atoms with Crippen molar-refractivity contribution >= 4 is 11.9 Å². The average molecular weight is 218 g/mol. The topological polar surface area (TPSA) is 92.9 Å². The van der Waals surface area contributed by atoms with Crippen molar-refractivity contribution in [2.75, 3.05) is 20.7 Å². The molecule has 2 unspecified atom stereocenters. The number of nitrogens with zero attached hydrogens (tertiary/aromatic N) is 1. The number of hydrogen-bond donors (Lipinski definition) is 2. The fourth-order valence-electron chi connectivity index (χ4n) is 0.983. The lowest BCUT2D eigenvalue weighted by molar-refractivity contribution is -0.149. The van der Waals surface area contributed by atoms with Gasteiger partial charge in [-0.1, -0.05) is 0 Å². The second-order valence-electron chi connectivity index (χ2n) is 3.32. The van der Waals surface area contributed by atoms with Crippen molar-refractivity contribution in [3.8, 4) is 0 Å². The summed E-state index contributed by atoms with van der Waals surface area (Å²) in [5, 5.41) is 8.70. The zero-order valence-corrected chi connectivity index (χ0v) is 9.27. The summed E-state index contributed by atoms with van der Waals surface area (Å²) in [5.74, 6) is -1.32. The third-order valence-corrected chi connectivity index (χ3v) is 2.33. The van der Waals surface area contributed by atoms with Crippen LogP contribution in [-0.2, 0) is 14.3 Å². The highest BCUT2D eigenvalue weighted by Gasteiger charge is 2.23. The molecule has 15 heavy (non-hydrogen) atoms. The molecule has 6 nitrogen and oxygen atoms in total. The lowest BCUT2D eigenvalue weighted by Gasteiger charge is -2.23. The molecule has 0 aliphatic carbocycles. The molecule has 88 valence electrons. The number of carbonyl (C=O) groups is 2. The van der Waals surface area contributed by atoms with E-state index in [4.69, 9.17) is 15.6 Å². The summed E-state index contributed by atoms with van der Waals surface area (Å²) in [5.41, 5.74) is 5.36. The monoisotopic (exact) mass is 218 g/mol. The molecule has 0 radical (unpaired) electrons. The number of aliphatic carboxylic acids is 1. The Morgan fingerprint density at radius 2 is 2.07 bits per heavy atom. The molecule has 6 heteroatoms. The maximum Gasteiger partial charge on any atom is 0.326 e. The third kappa shape index (κ3) is 4.26. The molecule has 2 atom stereocenters. The van der Waals surface area contributed by atoms with E-state index < -0.39 is 12.0 Å². The highest BCUT2D eigenvalue weighted by Crippen LogP contribution is 2.03. The van der Waals surface area contributed by atoms with Crippen LogP contribution in [0, 0.1) is 0 Å². The molecular formula is C9H18N2O4. The summed E-state index contributed by atoms with van der Waals surface area (Å²) in [4.78, 5) is 23.3. The molecule has 0 aromatic carbocycles. The van der Waals surface area contributed by atoms with Crippen molar-refractivity contribution in [3.05, 3.63) is 0 Å². The van der Waals surface area contributed by atoms with E-state index in [9.17, 15) is 9.59 Å². The van der Waals surface area contributed by atoms with Gasteiger partial charge in [0.05, 0.1) is 12.5 Å². The van der Waals surface area contributed by atoms with E-state index in [1.807, 2.05) is 0 Å². The Balaban J connectivity index is 4.26.